The molecule has 0 aromatic carbocycles. The molecule has 0 radical (unpaired) electrons. The molecule has 1 aliphatic heterocycles. The molecule has 1 heterocycles. The molecule has 1 fully saturated rings. The van der Waals surface area contributed by atoms with E-state index in [-0.39, 0.29) is 0 Å². The summed E-state index contributed by atoms with van der Waals surface area (Å²) < 4.78 is 35.5. The average Bonchev–Trinajstić information content (AvgIpc) is 2.53. The van der Waals surface area contributed by atoms with Crippen LogP contribution in [0.1, 0.15) is 26.2 Å². The van der Waals surface area contributed by atoms with E-state index in [4.69, 9.17) is 4.74 Å². The van der Waals surface area contributed by atoms with Crippen molar-refractivity contribution in [2.75, 3.05) is 33.5 Å². The molecule has 1 aliphatic rings. The van der Waals surface area contributed by atoms with Crippen LogP contribution in [0.25, 0.3) is 0 Å². The van der Waals surface area contributed by atoms with Crippen LogP contribution in [-0.4, -0.2) is 44.6 Å². The normalized spacial score (nSPS) is 18.8. The SMILES string of the molecule is CCC[N+]1(COC)CCCC1.FC(F)F. The highest BCUT2D eigenvalue weighted by molar-refractivity contribution is 4.51. The minimum Gasteiger partial charge on any atom is -0.335 e. The van der Waals surface area contributed by atoms with Crippen molar-refractivity contribution in [1.29, 1.82) is 0 Å². The number of nitrogens with zero attached hydrogens (tertiary/aromatic N) is 1. The van der Waals surface area contributed by atoms with E-state index in [1.807, 2.05) is 7.11 Å². The van der Waals surface area contributed by atoms with Gasteiger partial charge in [0.25, 0.3) is 0 Å². The molecule has 5 heteroatoms. The number of hydrogen-bond donors (Lipinski definition) is 0. The standard InChI is InChI=1S/C9H20NO.CHF3/c1-3-6-10(9-11-2)7-4-5-8-10;2-1(3)4/h3-9H2,1-2H3;1H/q+1;. The predicted octanol–water partition coefficient (Wildman–Crippen LogP) is 2.79. The van der Waals surface area contributed by atoms with Gasteiger partial charge in [0.2, 0.25) is 0 Å². The first-order valence-corrected chi connectivity index (χ1v) is 5.32. The summed E-state index contributed by atoms with van der Waals surface area (Å²) in [6, 6.07) is 0. The molecule has 0 bridgehead atoms. The molecule has 1 saturated heterocycles. The first-order chi connectivity index (χ1) is 7.06. The summed E-state index contributed by atoms with van der Waals surface area (Å²) in [5, 5.41) is 0. The lowest BCUT2D eigenvalue weighted by molar-refractivity contribution is -0.934. The maximum atomic E-state index is 9.67. The van der Waals surface area contributed by atoms with Crippen LogP contribution in [-0.2, 0) is 4.74 Å². The van der Waals surface area contributed by atoms with Gasteiger partial charge in [-0.3, -0.25) is 0 Å². The van der Waals surface area contributed by atoms with Crippen LogP contribution in [0.5, 0.6) is 0 Å². The first-order valence-electron chi connectivity index (χ1n) is 5.32. The summed E-state index contributed by atoms with van der Waals surface area (Å²) in [5.74, 6) is 0. The molecular weight excluding hydrogens is 207 g/mol. The molecule has 0 N–H and O–H groups in total. The third kappa shape index (κ3) is 6.73. The maximum Gasteiger partial charge on any atom is 0.379 e. The van der Waals surface area contributed by atoms with Crippen LogP contribution in [0.15, 0.2) is 0 Å². The number of hydrogen-bond acceptors (Lipinski definition) is 1. The summed E-state index contributed by atoms with van der Waals surface area (Å²) >= 11 is 0. The van der Waals surface area contributed by atoms with Crippen LogP contribution in [0.2, 0.25) is 0 Å². The average molecular weight is 228 g/mol. The predicted molar refractivity (Wildman–Crippen MR) is 53.4 cm³/mol. The largest absolute Gasteiger partial charge is 0.379 e. The Morgan fingerprint density at radius 2 is 1.67 bits per heavy atom. The van der Waals surface area contributed by atoms with Crippen LogP contribution in [0.4, 0.5) is 13.2 Å². The van der Waals surface area contributed by atoms with Crippen LogP contribution in [0.3, 0.4) is 0 Å². The number of alkyl halides is 3. The van der Waals surface area contributed by atoms with Gasteiger partial charge < -0.3 is 9.22 Å². The molecule has 0 spiro atoms. The number of likely N-dealkylation sites (tertiary alicyclic amines) is 1. The fourth-order valence-corrected chi connectivity index (χ4v) is 2.17. The van der Waals surface area contributed by atoms with Gasteiger partial charge in [-0.25, -0.2) is 0 Å². The fraction of sp³-hybridized carbons (Fsp3) is 1.00. The minimum absolute atomic E-state index is 0.924. The minimum atomic E-state index is -3.67. The van der Waals surface area contributed by atoms with E-state index in [1.165, 1.54) is 43.4 Å². The van der Waals surface area contributed by atoms with E-state index in [1.54, 1.807) is 0 Å². The second kappa shape index (κ2) is 7.93. The van der Waals surface area contributed by atoms with Gasteiger partial charge in [-0.05, 0) is 6.42 Å². The van der Waals surface area contributed by atoms with E-state index in [9.17, 15) is 13.2 Å². The van der Waals surface area contributed by atoms with E-state index in [0.717, 1.165) is 6.73 Å². The van der Waals surface area contributed by atoms with Gasteiger partial charge in [0, 0.05) is 20.0 Å². The summed E-state index contributed by atoms with van der Waals surface area (Å²) in [6.45, 7) is 3.49. The summed E-state index contributed by atoms with van der Waals surface area (Å²) in [7, 11) is 1.81. The first kappa shape index (κ1) is 14.7. The van der Waals surface area contributed by atoms with Crippen molar-refractivity contribution >= 4 is 0 Å². The molecule has 0 saturated carbocycles. The Bertz CT molecular complexity index is 139. The lowest BCUT2D eigenvalue weighted by Crippen LogP contribution is -2.47. The van der Waals surface area contributed by atoms with Gasteiger partial charge in [0.1, 0.15) is 0 Å². The zero-order valence-corrected chi connectivity index (χ0v) is 9.52. The molecular formula is C10H21F3NO+. The number of methoxy groups -OCH3 is 1. The van der Waals surface area contributed by atoms with Gasteiger partial charge in [-0.1, -0.05) is 6.92 Å². The number of ether oxygens (including phenoxy) is 1. The van der Waals surface area contributed by atoms with Crippen molar-refractivity contribution in [2.45, 2.75) is 32.9 Å². The van der Waals surface area contributed by atoms with Crippen molar-refractivity contribution in [3.8, 4) is 0 Å². The molecule has 2 nitrogen and oxygen atoms in total. The molecule has 0 aromatic heterocycles. The summed E-state index contributed by atoms with van der Waals surface area (Å²) in [6.07, 6.45) is 4.07. The number of halogens is 3. The Balaban J connectivity index is 0.000000423. The Hall–Kier alpha value is -0.290. The van der Waals surface area contributed by atoms with Crippen molar-refractivity contribution in [3.63, 3.8) is 0 Å². The van der Waals surface area contributed by atoms with Gasteiger partial charge in [-0.15, -0.1) is 0 Å². The Morgan fingerprint density at radius 1 is 1.20 bits per heavy atom. The summed E-state index contributed by atoms with van der Waals surface area (Å²) in [5.41, 5.74) is 0. The zero-order valence-electron chi connectivity index (χ0n) is 9.52. The second-order valence-electron chi connectivity index (χ2n) is 3.88. The van der Waals surface area contributed by atoms with Crippen molar-refractivity contribution < 1.29 is 22.4 Å². The molecule has 0 atom stereocenters. The highest BCUT2D eigenvalue weighted by atomic mass is 19.4. The van der Waals surface area contributed by atoms with Gasteiger partial charge in [-0.2, -0.15) is 13.2 Å². The van der Waals surface area contributed by atoms with E-state index < -0.39 is 6.68 Å². The third-order valence-corrected chi connectivity index (χ3v) is 2.62. The zero-order chi connectivity index (χ0) is 11.7. The van der Waals surface area contributed by atoms with Crippen molar-refractivity contribution in [3.05, 3.63) is 0 Å². The number of rotatable bonds is 4. The molecule has 0 unspecified atom stereocenters. The molecule has 92 valence electrons. The molecule has 1 rings (SSSR count). The van der Waals surface area contributed by atoms with Crippen molar-refractivity contribution in [1.82, 2.24) is 0 Å². The topological polar surface area (TPSA) is 9.23 Å². The molecule has 15 heavy (non-hydrogen) atoms. The summed E-state index contributed by atoms with van der Waals surface area (Å²) in [4.78, 5) is 0. The second-order valence-corrected chi connectivity index (χ2v) is 3.88. The van der Waals surface area contributed by atoms with Gasteiger partial charge >= 0.3 is 6.68 Å². The van der Waals surface area contributed by atoms with Crippen LogP contribution < -0.4 is 0 Å². The van der Waals surface area contributed by atoms with Gasteiger partial charge in [0.15, 0.2) is 6.73 Å². The Kier molecular flexibility index (Phi) is 7.78. The van der Waals surface area contributed by atoms with Crippen molar-refractivity contribution in [2.24, 2.45) is 0 Å². The van der Waals surface area contributed by atoms with E-state index in [2.05, 4.69) is 6.92 Å². The molecule has 0 amide bonds. The number of quaternary nitrogens is 1. The fourth-order valence-electron chi connectivity index (χ4n) is 2.17. The third-order valence-electron chi connectivity index (χ3n) is 2.62. The van der Waals surface area contributed by atoms with Gasteiger partial charge in [0.05, 0.1) is 19.6 Å². The molecule has 0 aromatic rings. The molecule has 0 aliphatic carbocycles. The smallest absolute Gasteiger partial charge is 0.335 e. The van der Waals surface area contributed by atoms with Crippen LogP contribution in [0, 0.1) is 0 Å². The lowest BCUT2D eigenvalue weighted by Gasteiger charge is -2.32. The monoisotopic (exact) mass is 228 g/mol. The maximum absolute atomic E-state index is 9.67. The lowest BCUT2D eigenvalue weighted by atomic mass is 10.4. The van der Waals surface area contributed by atoms with Crippen LogP contribution >= 0.6 is 0 Å². The van der Waals surface area contributed by atoms with E-state index >= 15 is 0 Å². The van der Waals surface area contributed by atoms with E-state index in [0.29, 0.717) is 0 Å². The Labute approximate surface area is 89.6 Å². The Morgan fingerprint density at radius 3 is 2.00 bits per heavy atom. The quantitative estimate of drug-likeness (QED) is 0.672. The highest BCUT2D eigenvalue weighted by Gasteiger charge is 2.30. The highest BCUT2D eigenvalue weighted by Crippen LogP contribution is 2.19.